The molecule has 3 rings (SSSR count). The van der Waals surface area contributed by atoms with E-state index in [2.05, 4.69) is 15.2 Å². The highest BCUT2D eigenvalue weighted by Crippen LogP contribution is 2.40. The van der Waals surface area contributed by atoms with Crippen LogP contribution < -0.4 is 11.1 Å². The SMILES string of the molecule is CC(C)(ON=C(C(=O)N[C@@H]1C(=O)N2C(C(=O)O)=C(COC(N)=O)CS[C@H]12)c1ccco1)C(=O)O. The maximum Gasteiger partial charge on any atom is 0.404 e. The summed E-state index contributed by atoms with van der Waals surface area (Å²) in [4.78, 5) is 65.5. The molecule has 2 atom stereocenters. The van der Waals surface area contributed by atoms with Gasteiger partial charge in [0.15, 0.2) is 5.76 Å². The van der Waals surface area contributed by atoms with Crippen molar-refractivity contribution in [3.63, 3.8) is 0 Å². The fourth-order valence-corrected chi connectivity index (χ4v) is 4.30. The molecule has 0 aliphatic carbocycles. The van der Waals surface area contributed by atoms with E-state index >= 15 is 0 Å². The number of hydrogen-bond donors (Lipinski definition) is 4. The molecule has 1 aromatic rings. The molecular weight excluding hydrogens is 476 g/mol. The van der Waals surface area contributed by atoms with Crippen molar-refractivity contribution in [2.75, 3.05) is 12.4 Å². The molecule has 1 saturated heterocycles. The fourth-order valence-electron chi connectivity index (χ4n) is 2.97. The smallest absolute Gasteiger partial charge is 0.404 e. The molecule has 1 aromatic heterocycles. The lowest BCUT2D eigenvalue weighted by atomic mass is 10.0. The number of furan rings is 1. The Morgan fingerprint density at radius 1 is 1.35 bits per heavy atom. The van der Waals surface area contributed by atoms with Gasteiger partial charge in [0.2, 0.25) is 11.3 Å². The second kappa shape index (κ2) is 9.46. The van der Waals surface area contributed by atoms with Gasteiger partial charge in [0.25, 0.3) is 11.8 Å². The summed E-state index contributed by atoms with van der Waals surface area (Å²) in [5.41, 5.74) is 2.56. The summed E-state index contributed by atoms with van der Waals surface area (Å²) in [5.74, 6) is -4.30. The molecule has 182 valence electrons. The van der Waals surface area contributed by atoms with Crippen LogP contribution in [0.2, 0.25) is 0 Å². The minimum Gasteiger partial charge on any atom is -0.478 e. The highest BCUT2D eigenvalue weighted by Gasteiger charge is 2.54. The second-order valence-electron chi connectivity index (χ2n) is 7.55. The first kappa shape index (κ1) is 24.6. The summed E-state index contributed by atoms with van der Waals surface area (Å²) < 4.78 is 9.82. The van der Waals surface area contributed by atoms with Crippen molar-refractivity contribution in [3.8, 4) is 0 Å². The number of primary amides is 1. The van der Waals surface area contributed by atoms with E-state index in [4.69, 9.17) is 15.0 Å². The molecule has 0 spiro atoms. The summed E-state index contributed by atoms with van der Waals surface area (Å²) in [5, 5.41) is 24.1. The van der Waals surface area contributed by atoms with Crippen molar-refractivity contribution in [1.82, 2.24) is 10.2 Å². The van der Waals surface area contributed by atoms with Crippen LogP contribution in [-0.4, -0.2) is 80.0 Å². The third-order valence-corrected chi connectivity index (χ3v) is 6.11. The molecule has 3 heterocycles. The lowest BCUT2D eigenvalue weighted by Crippen LogP contribution is -2.71. The fraction of sp³-hybridized carbons (Fsp3) is 0.368. The number of thioether (sulfide) groups is 1. The third kappa shape index (κ3) is 4.83. The van der Waals surface area contributed by atoms with Crippen LogP contribution in [0.1, 0.15) is 19.6 Å². The van der Waals surface area contributed by atoms with Gasteiger partial charge >= 0.3 is 18.0 Å². The van der Waals surface area contributed by atoms with Crippen LogP contribution in [0.25, 0.3) is 0 Å². The van der Waals surface area contributed by atoms with Gasteiger partial charge in [-0.1, -0.05) is 5.16 Å². The zero-order chi connectivity index (χ0) is 25.2. The topological polar surface area (TPSA) is 211 Å². The molecule has 5 N–H and O–H groups in total. The molecule has 2 aliphatic rings. The number of ether oxygens (including phenoxy) is 1. The number of nitrogens with one attached hydrogen (secondary N) is 1. The first-order chi connectivity index (χ1) is 15.9. The third-order valence-electron chi connectivity index (χ3n) is 4.77. The molecule has 2 aliphatic heterocycles. The molecule has 34 heavy (non-hydrogen) atoms. The number of carbonyl (C=O) groups is 5. The number of amides is 3. The summed E-state index contributed by atoms with van der Waals surface area (Å²) in [6.07, 6.45) is 0.162. The number of nitrogens with zero attached hydrogens (tertiary/aromatic N) is 2. The predicted molar refractivity (Wildman–Crippen MR) is 113 cm³/mol. The van der Waals surface area contributed by atoms with Gasteiger partial charge < -0.3 is 35.3 Å². The van der Waals surface area contributed by atoms with Crippen molar-refractivity contribution in [2.24, 2.45) is 10.9 Å². The van der Waals surface area contributed by atoms with Crippen LogP contribution >= 0.6 is 11.8 Å². The number of aliphatic carboxylic acids is 2. The number of carbonyl (C=O) groups excluding carboxylic acids is 3. The van der Waals surface area contributed by atoms with Crippen LogP contribution in [-0.2, 0) is 28.8 Å². The Bertz CT molecular complexity index is 1090. The predicted octanol–water partition coefficient (Wildman–Crippen LogP) is -0.303. The summed E-state index contributed by atoms with van der Waals surface area (Å²) in [6.45, 7) is 2.05. The number of carboxylic acid groups (broad SMARTS) is 2. The van der Waals surface area contributed by atoms with E-state index in [1.54, 1.807) is 0 Å². The highest BCUT2D eigenvalue weighted by molar-refractivity contribution is 8.00. The summed E-state index contributed by atoms with van der Waals surface area (Å²) in [6, 6.07) is 1.74. The van der Waals surface area contributed by atoms with Crippen LogP contribution in [0.5, 0.6) is 0 Å². The number of oxime groups is 1. The molecular formula is C19H20N4O10S. The van der Waals surface area contributed by atoms with E-state index in [-0.39, 0.29) is 22.8 Å². The van der Waals surface area contributed by atoms with Gasteiger partial charge in [-0.2, -0.15) is 0 Å². The average Bonchev–Trinajstić information content (AvgIpc) is 3.29. The van der Waals surface area contributed by atoms with Gasteiger partial charge in [0.1, 0.15) is 23.7 Å². The number of rotatable bonds is 9. The van der Waals surface area contributed by atoms with Gasteiger partial charge in [-0.05, 0) is 26.0 Å². The largest absolute Gasteiger partial charge is 0.478 e. The number of β-lactam (4-membered cyclic amide) rings is 1. The number of hydrogen-bond acceptors (Lipinski definition) is 10. The summed E-state index contributed by atoms with van der Waals surface area (Å²) >= 11 is 1.14. The molecule has 0 radical (unpaired) electrons. The van der Waals surface area contributed by atoms with E-state index in [9.17, 15) is 34.2 Å². The first-order valence-electron chi connectivity index (χ1n) is 9.60. The quantitative estimate of drug-likeness (QED) is 0.198. The molecule has 0 bridgehead atoms. The van der Waals surface area contributed by atoms with Crippen molar-refractivity contribution in [2.45, 2.75) is 30.9 Å². The van der Waals surface area contributed by atoms with E-state index in [0.29, 0.717) is 0 Å². The Morgan fingerprint density at radius 2 is 2.06 bits per heavy atom. The number of fused-ring (bicyclic) bond motifs is 1. The van der Waals surface area contributed by atoms with Gasteiger partial charge in [0, 0.05) is 11.3 Å². The Kier molecular flexibility index (Phi) is 6.85. The van der Waals surface area contributed by atoms with Crippen LogP contribution in [0, 0.1) is 0 Å². The molecule has 0 saturated carbocycles. The molecule has 0 unspecified atom stereocenters. The molecule has 15 heteroatoms. The monoisotopic (exact) mass is 496 g/mol. The van der Waals surface area contributed by atoms with Crippen molar-refractivity contribution in [1.29, 1.82) is 0 Å². The highest BCUT2D eigenvalue weighted by atomic mass is 32.2. The van der Waals surface area contributed by atoms with E-state index in [0.717, 1.165) is 16.7 Å². The zero-order valence-electron chi connectivity index (χ0n) is 17.8. The zero-order valence-corrected chi connectivity index (χ0v) is 18.7. The van der Waals surface area contributed by atoms with Crippen molar-refractivity contribution in [3.05, 3.63) is 35.4 Å². The molecule has 1 fully saturated rings. The maximum atomic E-state index is 12.9. The molecule has 14 nitrogen and oxygen atoms in total. The number of nitrogens with two attached hydrogens (primary N) is 1. The van der Waals surface area contributed by atoms with E-state index in [1.165, 1.54) is 32.2 Å². The Hall–Kier alpha value is -4.01. The van der Waals surface area contributed by atoms with Crippen LogP contribution in [0.4, 0.5) is 4.79 Å². The van der Waals surface area contributed by atoms with Crippen LogP contribution in [0.3, 0.4) is 0 Å². The van der Waals surface area contributed by atoms with Gasteiger partial charge in [-0.3, -0.25) is 14.5 Å². The Morgan fingerprint density at radius 3 is 2.62 bits per heavy atom. The second-order valence-corrected chi connectivity index (χ2v) is 8.65. The normalized spacial score (nSPS) is 20.2. The lowest BCUT2D eigenvalue weighted by Gasteiger charge is -2.49. The van der Waals surface area contributed by atoms with E-state index < -0.39 is 59.2 Å². The lowest BCUT2D eigenvalue weighted by molar-refractivity contribution is -0.161. The average molecular weight is 496 g/mol. The van der Waals surface area contributed by atoms with Crippen LogP contribution in [0.15, 0.2) is 39.2 Å². The molecule has 0 aromatic carbocycles. The minimum atomic E-state index is -1.76. The van der Waals surface area contributed by atoms with E-state index in [1.807, 2.05) is 0 Å². The van der Waals surface area contributed by atoms with Crippen molar-refractivity contribution < 1.29 is 48.2 Å². The van der Waals surface area contributed by atoms with Gasteiger partial charge in [0.05, 0.1) is 6.26 Å². The Balaban J connectivity index is 1.80. The maximum absolute atomic E-state index is 12.9. The first-order valence-corrected chi connectivity index (χ1v) is 10.7. The van der Waals surface area contributed by atoms with Gasteiger partial charge in [-0.15, -0.1) is 11.8 Å². The minimum absolute atomic E-state index is 0.0457. The standard InChI is InChI=1S/C19H20N4O10S/c1-19(2,17(28)29)33-22-10(9-4-3-5-31-9)13(24)21-11-14(25)23-12(16(26)27)8(6-32-18(20)30)7-34-15(11)23/h3-5,11,15H,6-7H2,1-2H3,(H2,20,30)(H,21,24)(H,26,27)(H,28,29)/t11-,15-/m1/s1. The molecule has 3 amide bonds. The number of carboxylic acids is 2. The summed E-state index contributed by atoms with van der Waals surface area (Å²) in [7, 11) is 0. The van der Waals surface area contributed by atoms with Crippen molar-refractivity contribution >= 4 is 47.3 Å². The van der Waals surface area contributed by atoms with Gasteiger partial charge in [-0.25, -0.2) is 14.4 Å². The Labute approximate surface area is 195 Å².